The molecule has 26 heavy (non-hydrogen) atoms. The van der Waals surface area contributed by atoms with E-state index in [-0.39, 0.29) is 19.0 Å². The predicted octanol–water partition coefficient (Wildman–Crippen LogP) is 2.72. The van der Waals surface area contributed by atoms with Gasteiger partial charge in [-0.2, -0.15) is 4.98 Å². The number of benzene rings is 1. The van der Waals surface area contributed by atoms with Crippen LogP contribution < -0.4 is 10.6 Å². The normalized spacial score (nSPS) is 16.4. The highest BCUT2D eigenvalue weighted by Crippen LogP contribution is 2.35. The molecule has 0 aliphatic heterocycles. The Morgan fingerprint density at radius 2 is 1.88 bits per heavy atom. The van der Waals surface area contributed by atoms with Crippen molar-refractivity contribution in [2.45, 2.75) is 51.1 Å². The van der Waals surface area contributed by atoms with Crippen LogP contribution in [0.4, 0.5) is 8.78 Å². The zero-order valence-electron chi connectivity index (χ0n) is 14.6. The summed E-state index contributed by atoms with van der Waals surface area (Å²) in [5.74, 6) is -0.527. The van der Waals surface area contributed by atoms with E-state index >= 15 is 0 Å². The summed E-state index contributed by atoms with van der Waals surface area (Å²) in [5, 5.41) is 9.99. The number of halogens is 2. The second-order valence-corrected chi connectivity index (χ2v) is 6.69. The topological polar surface area (TPSA) is 80.0 Å². The van der Waals surface area contributed by atoms with Crippen molar-refractivity contribution in [1.82, 2.24) is 20.8 Å². The number of carbonyl (C=O) groups excluding carboxylic acids is 1. The molecule has 8 heteroatoms. The van der Waals surface area contributed by atoms with E-state index in [0.717, 1.165) is 38.2 Å². The maximum Gasteiger partial charge on any atom is 0.234 e. The first-order valence-electron chi connectivity index (χ1n) is 8.74. The van der Waals surface area contributed by atoms with Crippen molar-refractivity contribution >= 4 is 5.91 Å². The van der Waals surface area contributed by atoms with Gasteiger partial charge in [-0.3, -0.25) is 10.1 Å². The Hall–Kier alpha value is -2.35. The molecule has 0 saturated heterocycles. The largest absolute Gasteiger partial charge is 0.351 e. The van der Waals surface area contributed by atoms with Crippen LogP contribution in [-0.2, 0) is 16.9 Å². The third kappa shape index (κ3) is 4.43. The van der Waals surface area contributed by atoms with Crippen LogP contribution in [0.1, 0.15) is 49.4 Å². The number of aryl methyl sites for hydroxylation is 1. The molecule has 1 amide bonds. The van der Waals surface area contributed by atoms with Crippen LogP contribution in [0.3, 0.4) is 0 Å². The fourth-order valence-electron chi connectivity index (χ4n) is 3.35. The van der Waals surface area contributed by atoms with Gasteiger partial charge in [0.15, 0.2) is 5.82 Å². The summed E-state index contributed by atoms with van der Waals surface area (Å²) in [6.45, 7) is 1.85. The Bertz CT molecular complexity index is 752. The highest BCUT2D eigenvalue weighted by Gasteiger charge is 2.38. The Balaban J connectivity index is 1.59. The van der Waals surface area contributed by atoms with Gasteiger partial charge in [-0.1, -0.05) is 24.4 Å². The molecule has 2 N–H and O–H groups in total. The van der Waals surface area contributed by atoms with Crippen molar-refractivity contribution in [2.24, 2.45) is 0 Å². The minimum absolute atomic E-state index is 0.0590. The summed E-state index contributed by atoms with van der Waals surface area (Å²) >= 11 is 0. The lowest BCUT2D eigenvalue weighted by Crippen LogP contribution is -2.48. The highest BCUT2D eigenvalue weighted by atomic mass is 19.1. The summed E-state index contributed by atoms with van der Waals surface area (Å²) in [6, 6.07) is 3.19. The van der Waals surface area contributed by atoms with Gasteiger partial charge >= 0.3 is 0 Å². The minimum atomic E-state index is -0.666. The fraction of sp³-hybridized carbons (Fsp3) is 0.500. The van der Waals surface area contributed by atoms with Gasteiger partial charge in [-0.25, -0.2) is 8.78 Å². The molecule has 6 nitrogen and oxygen atoms in total. The number of aromatic nitrogens is 2. The molecule has 0 bridgehead atoms. The monoisotopic (exact) mass is 364 g/mol. The van der Waals surface area contributed by atoms with Crippen molar-refractivity contribution < 1.29 is 18.1 Å². The average Bonchev–Trinajstić information content (AvgIpc) is 3.05. The number of hydrogen-bond acceptors (Lipinski definition) is 5. The van der Waals surface area contributed by atoms with E-state index in [1.807, 2.05) is 0 Å². The molecule has 0 atom stereocenters. The van der Waals surface area contributed by atoms with Crippen LogP contribution >= 0.6 is 0 Å². The molecule has 0 unspecified atom stereocenters. The molecular formula is C18H22F2N4O2. The van der Waals surface area contributed by atoms with Crippen molar-refractivity contribution in [3.05, 3.63) is 47.1 Å². The molecule has 1 aromatic carbocycles. The molecule has 3 rings (SSSR count). The lowest BCUT2D eigenvalue weighted by Gasteiger charge is -2.35. The van der Waals surface area contributed by atoms with Crippen LogP contribution in [-0.4, -0.2) is 22.6 Å². The number of nitrogens with zero attached hydrogens (tertiary/aromatic N) is 2. The van der Waals surface area contributed by atoms with E-state index in [4.69, 9.17) is 4.52 Å². The maximum absolute atomic E-state index is 13.2. The van der Waals surface area contributed by atoms with Crippen molar-refractivity contribution in [3.63, 3.8) is 0 Å². The Kier molecular flexibility index (Phi) is 5.61. The molecule has 0 spiro atoms. The van der Waals surface area contributed by atoms with Crippen LogP contribution in [0.15, 0.2) is 22.7 Å². The number of amides is 1. The van der Waals surface area contributed by atoms with Crippen molar-refractivity contribution in [1.29, 1.82) is 0 Å². The summed E-state index contributed by atoms with van der Waals surface area (Å²) in [6.07, 6.45) is 4.83. The first-order chi connectivity index (χ1) is 12.5. The number of hydrogen-bond donors (Lipinski definition) is 2. The molecule has 1 saturated carbocycles. The second-order valence-electron chi connectivity index (χ2n) is 6.69. The average molecular weight is 364 g/mol. The Labute approximate surface area is 150 Å². The zero-order valence-corrected chi connectivity index (χ0v) is 14.6. The summed E-state index contributed by atoms with van der Waals surface area (Å²) in [5.41, 5.74) is -0.102. The van der Waals surface area contributed by atoms with Crippen molar-refractivity contribution in [3.8, 4) is 0 Å². The second kappa shape index (κ2) is 7.90. The summed E-state index contributed by atoms with van der Waals surface area (Å²) < 4.78 is 31.5. The van der Waals surface area contributed by atoms with Gasteiger partial charge in [0.25, 0.3) is 0 Å². The maximum atomic E-state index is 13.2. The SMILES string of the molecule is Cc1nc(C2(NCC(=O)NCc3cc(F)cc(F)c3)CCCCC2)no1. The first-order valence-corrected chi connectivity index (χ1v) is 8.74. The zero-order chi connectivity index (χ0) is 18.6. The lowest BCUT2D eigenvalue weighted by molar-refractivity contribution is -0.120. The van der Waals surface area contributed by atoms with E-state index in [0.29, 0.717) is 17.3 Å². The molecule has 140 valence electrons. The van der Waals surface area contributed by atoms with Gasteiger partial charge in [-0.05, 0) is 30.5 Å². The molecule has 1 heterocycles. The van der Waals surface area contributed by atoms with Gasteiger partial charge in [0.1, 0.15) is 11.6 Å². The number of carbonyl (C=O) groups is 1. The first kappa shape index (κ1) is 18.4. The van der Waals surface area contributed by atoms with E-state index in [2.05, 4.69) is 20.8 Å². The number of rotatable bonds is 6. The van der Waals surface area contributed by atoms with Crippen LogP contribution in [0.5, 0.6) is 0 Å². The van der Waals surface area contributed by atoms with Gasteiger partial charge in [-0.15, -0.1) is 0 Å². The molecule has 2 aromatic rings. The van der Waals surface area contributed by atoms with Crippen LogP contribution in [0.25, 0.3) is 0 Å². The molecule has 1 aliphatic rings. The van der Waals surface area contributed by atoms with Gasteiger partial charge in [0.05, 0.1) is 12.1 Å². The third-order valence-corrected chi connectivity index (χ3v) is 4.66. The molecule has 1 aliphatic carbocycles. The molecule has 1 aromatic heterocycles. The van der Waals surface area contributed by atoms with E-state index in [1.54, 1.807) is 6.92 Å². The quantitative estimate of drug-likeness (QED) is 0.824. The van der Waals surface area contributed by atoms with Crippen LogP contribution in [0.2, 0.25) is 0 Å². The summed E-state index contributed by atoms with van der Waals surface area (Å²) in [4.78, 5) is 16.5. The van der Waals surface area contributed by atoms with Crippen LogP contribution in [0, 0.1) is 18.6 Å². The smallest absolute Gasteiger partial charge is 0.234 e. The highest BCUT2D eigenvalue weighted by molar-refractivity contribution is 5.78. The van der Waals surface area contributed by atoms with Gasteiger partial charge in [0.2, 0.25) is 11.8 Å². The van der Waals surface area contributed by atoms with Crippen molar-refractivity contribution in [2.75, 3.05) is 6.54 Å². The van der Waals surface area contributed by atoms with E-state index in [1.165, 1.54) is 12.1 Å². The third-order valence-electron chi connectivity index (χ3n) is 4.66. The Morgan fingerprint density at radius 1 is 1.19 bits per heavy atom. The Morgan fingerprint density at radius 3 is 2.50 bits per heavy atom. The standard InChI is InChI=1S/C18H22F2N4O2/c1-12-23-17(24-26-12)18(5-3-2-4-6-18)22-11-16(25)21-10-13-7-14(19)9-15(20)8-13/h7-9,22H,2-6,10-11H2,1H3,(H,21,25). The predicted molar refractivity (Wildman–Crippen MR) is 90.0 cm³/mol. The minimum Gasteiger partial charge on any atom is -0.351 e. The fourth-order valence-corrected chi connectivity index (χ4v) is 3.35. The molecule has 1 fully saturated rings. The van der Waals surface area contributed by atoms with Gasteiger partial charge < -0.3 is 9.84 Å². The molecule has 0 radical (unpaired) electrons. The number of nitrogens with one attached hydrogen (secondary N) is 2. The van der Waals surface area contributed by atoms with E-state index < -0.39 is 17.2 Å². The van der Waals surface area contributed by atoms with Gasteiger partial charge in [0, 0.05) is 19.5 Å². The molecular weight excluding hydrogens is 342 g/mol. The summed E-state index contributed by atoms with van der Waals surface area (Å²) in [7, 11) is 0. The lowest BCUT2D eigenvalue weighted by atomic mass is 9.81. The van der Waals surface area contributed by atoms with E-state index in [9.17, 15) is 13.6 Å².